The lowest BCUT2D eigenvalue weighted by Gasteiger charge is -2.32. The number of methoxy groups -OCH3 is 1. The molecule has 1 aliphatic heterocycles. The highest BCUT2D eigenvalue weighted by Gasteiger charge is 2.28. The van der Waals surface area contributed by atoms with Gasteiger partial charge in [0.05, 0.1) is 19.9 Å². The van der Waals surface area contributed by atoms with Crippen LogP contribution in [0, 0.1) is 0 Å². The Morgan fingerprint density at radius 1 is 1.74 bits per heavy atom. The Labute approximate surface area is 121 Å². The van der Waals surface area contributed by atoms with Crippen LogP contribution in [-0.2, 0) is 16.1 Å². The molecule has 0 spiro atoms. The number of thiocarbonyl (C=S) groups is 1. The van der Waals surface area contributed by atoms with Gasteiger partial charge in [-0.25, -0.2) is 0 Å². The maximum atomic E-state index is 11.5. The summed E-state index contributed by atoms with van der Waals surface area (Å²) in [4.78, 5) is 13.5. The lowest BCUT2D eigenvalue weighted by molar-refractivity contribution is -0.140. The van der Waals surface area contributed by atoms with Gasteiger partial charge in [0, 0.05) is 18.8 Å². The van der Waals surface area contributed by atoms with Crippen molar-refractivity contribution >= 4 is 35.1 Å². The van der Waals surface area contributed by atoms with Crippen LogP contribution in [0.15, 0.2) is 22.8 Å². The predicted octanol–water partition coefficient (Wildman–Crippen LogP) is 1.24. The van der Waals surface area contributed by atoms with E-state index in [1.807, 2.05) is 17.0 Å². The summed E-state index contributed by atoms with van der Waals surface area (Å²) in [5.74, 6) is 1.50. The van der Waals surface area contributed by atoms with E-state index in [2.05, 4.69) is 5.32 Å². The number of nitrogens with zero attached hydrogens (tertiary/aromatic N) is 1. The molecule has 1 N–H and O–H groups in total. The largest absolute Gasteiger partial charge is 0.468 e. The van der Waals surface area contributed by atoms with Gasteiger partial charge in [-0.3, -0.25) is 4.79 Å². The van der Waals surface area contributed by atoms with Crippen LogP contribution in [0.5, 0.6) is 0 Å². The molecule has 19 heavy (non-hydrogen) atoms. The zero-order valence-corrected chi connectivity index (χ0v) is 12.3. The number of carbonyl (C=O) groups excluding carboxylic acids is 1. The summed E-state index contributed by atoms with van der Waals surface area (Å²) in [5, 5.41) is 3.61. The van der Waals surface area contributed by atoms with E-state index in [0.29, 0.717) is 18.2 Å². The van der Waals surface area contributed by atoms with Crippen molar-refractivity contribution in [2.24, 2.45) is 0 Å². The van der Waals surface area contributed by atoms with Gasteiger partial charge in [-0.2, -0.15) is 0 Å². The number of hydrogen-bond acceptors (Lipinski definition) is 5. The zero-order valence-electron chi connectivity index (χ0n) is 10.6. The van der Waals surface area contributed by atoms with Gasteiger partial charge in [0.2, 0.25) is 0 Å². The minimum atomic E-state index is -0.191. The quantitative estimate of drug-likeness (QED) is 0.666. The maximum Gasteiger partial charge on any atom is 0.320 e. The number of furan rings is 1. The van der Waals surface area contributed by atoms with Gasteiger partial charge in [0.1, 0.15) is 11.0 Å². The SMILES string of the molecule is COC(=O)[C@@H]1CN(C(=S)NCc2ccco2)CCS1. The number of hydrogen-bond donors (Lipinski definition) is 1. The van der Waals surface area contributed by atoms with E-state index in [1.54, 1.807) is 18.0 Å². The highest BCUT2D eigenvalue weighted by Crippen LogP contribution is 2.19. The number of esters is 1. The van der Waals surface area contributed by atoms with Gasteiger partial charge >= 0.3 is 5.97 Å². The molecule has 5 nitrogen and oxygen atoms in total. The maximum absolute atomic E-state index is 11.5. The van der Waals surface area contributed by atoms with Crippen LogP contribution < -0.4 is 5.32 Å². The molecule has 1 atom stereocenters. The Bertz CT molecular complexity index is 436. The molecular weight excluding hydrogens is 284 g/mol. The molecule has 0 bridgehead atoms. The molecule has 1 aliphatic rings. The van der Waals surface area contributed by atoms with Gasteiger partial charge in [-0.05, 0) is 24.4 Å². The topological polar surface area (TPSA) is 54.7 Å². The number of nitrogens with one attached hydrogen (secondary N) is 1. The monoisotopic (exact) mass is 300 g/mol. The van der Waals surface area contributed by atoms with E-state index in [9.17, 15) is 4.79 Å². The van der Waals surface area contributed by atoms with E-state index in [0.717, 1.165) is 18.1 Å². The van der Waals surface area contributed by atoms with Crippen LogP contribution in [0.2, 0.25) is 0 Å². The molecule has 104 valence electrons. The first-order valence-electron chi connectivity index (χ1n) is 5.95. The fraction of sp³-hybridized carbons (Fsp3) is 0.500. The Morgan fingerprint density at radius 2 is 2.58 bits per heavy atom. The molecule has 0 amide bonds. The molecule has 0 unspecified atom stereocenters. The minimum Gasteiger partial charge on any atom is -0.468 e. The highest BCUT2D eigenvalue weighted by atomic mass is 32.2. The summed E-state index contributed by atoms with van der Waals surface area (Å²) in [6, 6.07) is 3.73. The van der Waals surface area contributed by atoms with E-state index >= 15 is 0 Å². The van der Waals surface area contributed by atoms with Gasteiger partial charge in [-0.1, -0.05) is 0 Å². The molecular formula is C12H16N2O3S2. The first-order chi connectivity index (χ1) is 9.20. The van der Waals surface area contributed by atoms with Gasteiger partial charge < -0.3 is 19.4 Å². The smallest absolute Gasteiger partial charge is 0.320 e. The second-order valence-electron chi connectivity index (χ2n) is 4.07. The third kappa shape index (κ3) is 3.87. The molecule has 0 radical (unpaired) electrons. The molecule has 1 saturated heterocycles. The van der Waals surface area contributed by atoms with Gasteiger partial charge in [-0.15, -0.1) is 11.8 Å². The molecule has 7 heteroatoms. The molecule has 1 aromatic heterocycles. The third-order valence-corrected chi connectivity index (χ3v) is 4.38. The van der Waals surface area contributed by atoms with Crippen LogP contribution in [0.3, 0.4) is 0 Å². The normalized spacial score (nSPS) is 19.0. The average Bonchev–Trinajstić information content (AvgIpc) is 2.97. The molecule has 0 aromatic carbocycles. The van der Waals surface area contributed by atoms with Crippen molar-refractivity contribution in [2.45, 2.75) is 11.8 Å². The molecule has 1 fully saturated rings. The van der Waals surface area contributed by atoms with Gasteiger partial charge in [0.15, 0.2) is 5.11 Å². The zero-order chi connectivity index (χ0) is 13.7. The molecule has 2 rings (SSSR count). The van der Waals surface area contributed by atoms with Crippen molar-refractivity contribution in [1.82, 2.24) is 10.2 Å². The van der Waals surface area contributed by atoms with Crippen molar-refractivity contribution in [3.05, 3.63) is 24.2 Å². The first kappa shape index (κ1) is 14.2. The Hall–Kier alpha value is -1.21. The summed E-state index contributed by atoms with van der Waals surface area (Å²) in [6.07, 6.45) is 1.63. The van der Waals surface area contributed by atoms with Crippen LogP contribution in [0.1, 0.15) is 5.76 Å². The predicted molar refractivity (Wildman–Crippen MR) is 78.0 cm³/mol. The van der Waals surface area contributed by atoms with Crippen molar-refractivity contribution in [3.63, 3.8) is 0 Å². The summed E-state index contributed by atoms with van der Waals surface area (Å²) in [6.45, 7) is 1.97. The molecule has 1 aromatic rings. The van der Waals surface area contributed by atoms with Crippen molar-refractivity contribution in [1.29, 1.82) is 0 Å². The summed E-state index contributed by atoms with van der Waals surface area (Å²) in [5.41, 5.74) is 0. The van der Waals surface area contributed by atoms with Crippen LogP contribution in [-0.4, -0.2) is 47.2 Å². The number of carbonyl (C=O) groups is 1. The van der Waals surface area contributed by atoms with E-state index in [4.69, 9.17) is 21.4 Å². The molecule has 0 aliphatic carbocycles. The van der Waals surface area contributed by atoms with Crippen LogP contribution in [0.4, 0.5) is 0 Å². The third-order valence-electron chi connectivity index (χ3n) is 2.81. The van der Waals surface area contributed by atoms with Crippen LogP contribution in [0.25, 0.3) is 0 Å². The average molecular weight is 300 g/mol. The Kier molecular flexibility index (Phi) is 5.09. The second kappa shape index (κ2) is 6.81. The Balaban J connectivity index is 1.83. The number of ether oxygens (including phenoxy) is 1. The lowest BCUT2D eigenvalue weighted by atomic mass is 10.3. The second-order valence-corrected chi connectivity index (χ2v) is 5.76. The first-order valence-corrected chi connectivity index (χ1v) is 7.41. The number of rotatable bonds is 3. The van der Waals surface area contributed by atoms with Crippen molar-refractivity contribution in [3.8, 4) is 0 Å². The fourth-order valence-electron chi connectivity index (χ4n) is 1.80. The summed E-state index contributed by atoms with van der Waals surface area (Å²) >= 11 is 6.95. The molecule has 2 heterocycles. The highest BCUT2D eigenvalue weighted by molar-refractivity contribution is 8.00. The molecule has 0 saturated carbocycles. The van der Waals surface area contributed by atoms with Crippen LogP contribution >= 0.6 is 24.0 Å². The van der Waals surface area contributed by atoms with E-state index in [1.165, 1.54) is 7.11 Å². The lowest BCUT2D eigenvalue weighted by Crippen LogP contribution is -2.48. The van der Waals surface area contributed by atoms with E-state index < -0.39 is 0 Å². The van der Waals surface area contributed by atoms with E-state index in [-0.39, 0.29) is 11.2 Å². The van der Waals surface area contributed by atoms with Crippen molar-refractivity contribution < 1.29 is 13.9 Å². The fourth-order valence-corrected chi connectivity index (χ4v) is 3.16. The Morgan fingerprint density at radius 3 is 3.26 bits per heavy atom. The van der Waals surface area contributed by atoms with Crippen molar-refractivity contribution in [2.75, 3.05) is 26.0 Å². The van der Waals surface area contributed by atoms with Gasteiger partial charge in [0.25, 0.3) is 0 Å². The number of thioether (sulfide) groups is 1. The summed E-state index contributed by atoms with van der Waals surface area (Å²) in [7, 11) is 1.41. The minimum absolute atomic E-state index is 0.165. The summed E-state index contributed by atoms with van der Waals surface area (Å²) < 4.78 is 10.0. The standard InChI is InChI=1S/C12H16N2O3S2/c1-16-11(15)10-8-14(4-6-19-10)12(18)13-7-9-3-2-5-17-9/h2-3,5,10H,4,6-8H2,1H3,(H,13,18)/t10-/m0/s1.